The maximum absolute atomic E-state index is 13.0. The van der Waals surface area contributed by atoms with Crippen LogP contribution in [-0.2, 0) is 9.59 Å². The van der Waals surface area contributed by atoms with Crippen molar-refractivity contribution in [3.63, 3.8) is 0 Å². The molecule has 0 bridgehead atoms. The Morgan fingerprint density at radius 2 is 1.56 bits per heavy atom. The van der Waals surface area contributed by atoms with Gasteiger partial charge in [-0.2, -0.15) is 0 Å². The predicted molar refractivity (Wildman–Crippen MR) is 149 cm³/mol. The monoisotopic (exact) mass is 502 g/mol. The minimum Gasteiger partial charge on any atom is -0.346 e. The number of allylic oxidation sites excluding steroid dienone is 4. The number of nitrogens with zero attached hydrogens (tertiary/aromatic N) is 3. The Bertz CT molecular complexity index is 817. The maximum atomic E-state index is 13.0. The van der Waals surface area contributed by atoms with Gasteiger partial charge in [0, 0.05) is 60.7 Å². The van der Waals surface area contributed by atoms with Gasteiger partial charge in [0.15, 0.2) is 0 Å². The van der Waals surface area contributed by atoms with E-state index in [4.69, 9.17) is 0 Å². The molecule has 1 rings (SSSR count). The largest absolute Gasteiger partial charge is 0.346 e. The molecule has 0 radical (unpaired) electrons. The van der Waals surface area contributed by atoms with Crippen molar-refractivity contribution in [2.45, 2.75) is 65.7 Å². The van der Waals surface area contributed by atoms with Gasteiger partial charge in [0.05, 0.1) is 0 Å². The summed E-state index contributed by atoms with van der Waals surface area (Å²) in [5.41, 5.74) is 1.08. The van der Waals surface area contributed by atoms with Gasteiger partial charge in [0.1, 0.15) is 0 Å². The number of carbonyl (C=O) groups excluding carboxylic acids is 3. The lowest BCUT2D eigenvalue weighted by Crippen LogP contribution is -2.46. The van der Waals surface area contributed by atoms with Gasteiger partial charge in [0.2, 0.25) is 11.8 Å². The number of urea groups is 1. The first kappa shape index (κ1) is 31.5. The Morgan fingerprint density at radius 1 is 0.944 bits per heavy atom. The molecule has 0 aliphatic heterocycles. The lowest BCUT2D eigenvalue weighted by Gasteiger charge is -2.47. The minimum absolute atomic E-state index is 0.0354. The molecule has 0 aromatic heterocycles. The van der Waals surface area contributed by atoms with Crippen LogP contribution in [0.5, 0.6) is 0 Å². The number of hydrogen-bond donors (Lipinski definition) is 1. The molecule has 7 heteroatoms. The van der Waals surface area contributed by atoms with Crippen LogP contribution in [-0.4, -0.2) is 80.4 Å². The number of rotatable bonds is 13. The second-order valence-corrected chi connectivity index (χ2v) is 11.8. The lowest BCUT2D eigenvalue weighted by molar-refractivity contribution is -0.132. The Balaban J connectivity index is 2.53. The molecule has 7 nitrogen and oxygen atoms in total. The van der Waals surface area contributed by atoms with Gasteiger partial charge in [0.25, 0.3) is 0 Å². The Morgan fingerprint density at radius 3 is 2.11 bits per heavy atom. The molecule has 204 valence electrons. The van der Waals surface area contributed by atoms with E-state index in [0.29, 0.717) is 38.9 Å². The van der Waals surface area contributed by atoms with Crippen molar-refractivity contribution in [2.75, 3.05) is 47.8 Å². The zero-order valence-corrected chi connectivity index (χ0v) is 23.9. The summed E-state index contributed by atoms with van der Waals surface area (Å²) in [6.07, 6.45) is 10.6. The molecule has 2 unspecified atom stereocenters. The van der Waals surface area contributed by atoms with Crippen LogP contribution in [0.1, 0.15) is 65.7 Å². The van der Waals surface area contributed by atoms with Crippen LogP contribution in [0, 0.1) is 16.7 Å². The van der Waals surface area contributed by atoms with Crippen molar-refractivity contribution in [3.05, 3.63) is 37.0 Å². The van der Waals surface area contributed by atoms with Crippen LogP contribution in [0.25, 0.3) is 0 Å². The predicted octanol–water partition coefficient (Wildman–Crippen LogP) is 4.87. The molecule has 1 aliphatic carbocycles. The van der Waals surface area contributed by atoms with Gasteiger partial charge in [-0.15, -0.1) is 0 Å². The van der Waals surface area contributed by atoms with E-state index >= 15 is 0 Å². The molecule has 0 aromatic rings. The third-order valence-corrected chi connectivity index (χ3v) is 7.12. The summed E-state index contributed by atoms with van der Waals surface area (Å²) in [4.78, 5) is 42.6. The standard InChI is InChI=1S/C29H50N4O3/c1-10-13-23(11-2)14-15-25(34)32(8)16-12-17-33(9)26(35)18-24-19-28(3,4)21-29(5,20-24)22-30-27(36)31(6)7/h10-11,13,24H,1-2,12,14-22H2,3-9H3,(H,30,36)/b23-13+. The van der Waals surface area contributed by atoms with E-state index in [9.17, 15) is 14.4 Å². The highest BCUT2D eigenvalue weighted by Gasteiger charge is 2.42. The first-order valence-electron chi connectivity index (χ1n) is 13.1. The van der Waals surface area contributed by atoms with Gasteiger partial charge >= 0.3 is 6.03 Å². The summed E-state index contributed by atoms with van der Waals surface area (Å²) in [5.74, 6) is 0.527. The van der Waals surface area contributed by atoms with E-state index in [1.165, 1.54) is 0 Å². The maximum Gasteiger partial charge on any atom is 0.316 e. The molecule has 36 heavy (non-hydrogen) atoms. The van der Waals surface area contributed by atoms with E-state index in [-0.39, 0.29) is 34.6 Å². The minimum atomic E-state index is -0.0789. The highest BCUT2D eigenvalue weighted by Crippen LogP contribution is 2.49. The van der Waals surface area contributed by atoms with Crippen LogP contribution >= 0.6 is 0 Å². The van der Waals surface area contributed by atoms with Gasteiger partial charge in [-0.1, -0.05) is 52.2 Å². The number of amides is 4. The normalized spacial score (nSPS) is 21.3. The molecular weight excluding hydrogens is 452 g/mol. The molecule has 0 aromatic carbocycles. The zero-order valence-electron chi connectivity index (χ0n) is 23.9. The summed E-state index contributed by atoms with van der Waals surface area (Å²) in [6, 6.07) is -0.0789. The van der Waals surface area contributed by atoms with Crippen molar-refractivity contribution >= 4 is 17.8 Å². The zero-order chi connectivity index (χ0) is 27.5. The molecule has 0 heterocycles. The van der Waals surface area contributed by atoms with Gasteiger partial charge in [-0.3, -0.25) is 9.59 Å². The fraction of sp³-hybridized carbons (Fsp3) is 0.690. The Hall–Kier alpha value is -2.57. The molecule has 1 aliphatic rings. The van der Waals surface area contributed by atoms with Crippen LogP contribution in [0.3, 0.4) is 0 Å². The average Bonchev–Trinajstić information content (AvgIpc) is 2.78. The molecular formula is C29H50N4O3. The third kappa shape index (κ3) is 11.0. The first-order valence-corrected chi connectivity index (χ1v) is 13.1. The fourth-order valence-electron chi connectivity index (χ4n) is 5.62. The van der Waals surface area contributed by atoms with Crippen molar-refractivity contribution in [2.24, 2.45) is 16.7 Å². The van der Waals surface area contributed by atoms with Gasteiger partial charge < -0.3 is 20.0 Å². The summed E-state index contributed by atoms with van der Waals surface area (Å²) in [6.45, 7) is 16.1. The quantitative estimate of drug-likeness (QED) is 0.365. The first-order chi connectivity index (χ1) is 16.7. The van der Waals surface area contributed by atoms with Crippen molar-refractivity contribution in [1.82, 2.24) is 20.0 Å². The average molecular weight is 503 g/mol. The van der Waals surface area contributed by atoms with E-state index in [2.05, 4.69) is 39.2 Å². The molecule has 2 atom stereocenters. The van der Waals surface area contributed by atoms with Gasteiger partial charge in [-0.25, -0.2) is 4.79 Å². The van der Waals surface area contributed by atoms with E-state index in [1.54, 1.807) is 40.9 Å². The summed E-state index contributed by atoms with van der Waals surface area (Å²) >= 11 is 0. The fourth-order valence-corrected chi connectivity index (χ4v) is 5.62. The van der Waals surface area contributed by atoms with Crippen molar-refractivity contribution in [1.29, 1.82) is 0 Å². The number of nitrogens with one attached hydrogen (secondary N) is 1. The Labute approximate surface area is 219 Å². The molecule has 4 amide bonds. The Kier molecular flexibility index (Phi) is 12.4. The molecule has 0 spiro atoms. The van der Waals surface area contributed by atoms with Crippen molar-refractivity contribution < 1.29 is 14.4 Å². The smallest absolute Gasteiger partial charge is 0.316 e. The summed E-state index contributed by atoms with van der Waals surface area (Å²) in [5, 5.41) is 3.05. The highest BCUT2D eigenvalue weighted by molar-refractivity contribution is 5.77. The van der Waals surface area contributed by atoms with Crippen LogP contribution in [0.4, 0.5) is 4.79 Å². The summed E-state index contributed by atoms with van der Waals surface area (Å²) < 4.78 is 0. The van der Waals surface area contributed by atoms with Crippen LogP contribution in [0.15, 0.2) is 37.0 Å². The lowest BCUT2D eigenvalue weighted by atomic mass is 9.60. The number of carbonyl (C=O) groups is 3. The van der Waals surface area contributed by atoms with E-state index in [0.717, 1.165) is 31.3 Å². The summed E-state index contributed by atoms with van der Waals surface area (Å²) in [7, 11) is 7.15. The molecule has 0 saturated heterocycles. The van der Waals surface area contributed by atoms with E-state index < -0.39 is 0 Å². The molecule has 1 saturated carbocycles. The van der Waals surface area contributed by atoms with Crippen LogP contribution in [0.2, 0.25) is 0 Å². The van der Waals surface area contributed by atoms with Crippen LogP contribution < -0.4 is 5.32 Å². The number of hydrogen-bond acceptors (Lipinski definition) is 3. The second-order valence-electron chi connectivity index (χ2n) is 11.8. The third-order valence-electron chi connectivity index (χ3n) is 7.12. The van der Waals surface area contributed by atoms with Crippen molar-refractivity contribution in [3.8, 4) is 0 Å². The highest BCUT2D eigenvalue weighted by atomic mass is 16.2. The molecule has 1 fully saturated rings. The second kappa shape index (κ2) is 14.2. The van der Waals surface area contributed by atoms with Gasteiger partial charge in [-0.05, 0) is 54.4 Å². The topological polar surface area (TPSA) is 73.0 Å². The molecule has 1 N–H and O–H groups in total. The van der Waals surface area contributed by atoms with E-state index in [1.807, 2.05) is 20.2 Å². The SMILES string of the molecule is C=C/C=C(\C=C)CCC(=O)N(C)CCCN(C)C(=O)CC1CC(C)(C)CC(C)(CNC(=O)N(C)C)C1.